The highest BCUT2D eigenvalue weighted by Gasteiger charge is 2.23. The molecule has 23 heavy (non-hydrogen) atoms. The summed E-state index contributed by atoms with van der Waals surface area (Å²) in [5.74, 6) is 0.624. The van der Waals surface area contributed by atoms with Gasteiger partial charge in [0.05, 0.1) is 12.3 Å². The molecule has 1 fully saturated rings. The van der Waals surface area contributed by atoms with Crippen molar-refractivity contribution in [2.75, 3.05) is 44.2 Å². The molecule has 0 saturated carbocycles. The zero-order valence-corrected chi connectivity index (χ0v) is 14.1. The lowest BCUT2D eigenvalue weighted by Gasteiger charge is -2.34. The summed E-state index contributed by atoms with van der Waals surface area (Å²) in [7, 11) is 0. The minimum absolute atomic E-state index is 0.170. The Morgan fingerprint density at radius 2 is 1.83 bits per heavy atom. The van der Waals surface area contributed by atoms with E-state index >= 15 is 0 Å². The van der Waals surface area contributed by atoms with E-state index in [9.17, 15) is 5.26 Å². The molecule has 3 rings (SSSR count). The number of piperazine rings is 1. The molecule has 2 heterocycles. The molecule has 0 spiro atoms. The minimum Gasteiger partial charge on any atom is -0.395 e. The van der Waals surface area contributed by atoms with Gasteiger partial charge in [0, 0.05) is 37.2 Å². The van der Waals surface area contributed by atoms with Crippen LogP contribution in [0, 0.1) is 11.3 Å². The number of aliphatic hydroxyl groups excluding tert-OH is 1. The van der Waals surface area contributed by atoms with Gasteiger partial charge in [-0.15, -0.1) is 15.0 Å². The van der Waals surface area contributed by atoms with Crippen LogP contribution in [0.5, 0.6) is 0 Å². The predicted molar refractivity (Wildman–Crippen MR) is 89.5 cm³/mol. The average molecular weight is 377 g/mol. The number of benzene rings is 1. The molecule has 0 radical (unpaired) electrons. The van der Waals surface area contributed by atoms with Crippen LogP contribution in [0.1, 0.15) is 5.69 Å². The summed E-state index contributed by atoms with van der Waals surface area (Å²) in [5.41, 5.74) is 1.15. The molecule has 1 saturated heterocycles. The SMILES string of the molecule is N#Cc1nn(-c2ccc(Br)cc2)nc1N1CCN(CCO)CC1. The van der Waals surface area contributed by atoms with Gasteiger partial charge >= 0.3 is 0 Å². The van der Waals surface area contributed by atoms with Crippen LogP contribution in [0.3, 0.4) is 0 Å². The lowest BCUT2D eigenvalue weighted by molar-refractivity contribution is 0.188. The number of hydrogen-bond acceptors (Lipinski definition) is 6. The lowest BCUT2D eigenvalue weighted by Crippen LogP contribution is -2.47. The largest absolute Gasteiger partial charge is 0.395 e. The Morgan fingerprint density at radius 1 is 1.13 bits per heavy atom. The Morgan fingerprint density at radius 3 is 2.43 bits per heavy atom. The van der Waals surface area contributed by atoms with Gasteiger partial charge in [-0.05, 0) is 24.3 Å². The number of hydrogen-bond donors (Lipinski definition) is 1. The maximum Gasteiger partial charge on any atom is 0.207 e. The zero-order valence-electron chi connectivity index (χ0n) is 12.6. The van der Waals surface area contributed by atoms with Crippen molar-refractivity contribution in [3.8, 4) is 11.8 Å². The van der Waals surface area contributed by atoms with Crippen molar-refractivity contribution in [2.45, 2.75) is 0 Å². The first-order valence-electron chi connectivity index (χ1n) is 7.43. The Balaban J connectivity index is 1.80. The Kier molecular flexibility index (Phi) is 4.91. The Hall–Kier alpha value is -1.95. The van der Waals surface area contributed by atoms with E-state index in [1.165, 1.54) is 4.80 Å². The first-order chi connectivity index (χ1) is 11.2. The summed E-state index contributed by atoms with van der Waals surface area (Å²) in [4.78, 5) is 5.77. The van der Waals surface area contributed by atoms with Gasteiger partial charge in [0.1, 0.15) is 6.07 Å². The van der Waals surface area contributed by atoms with Gasteiger partial charge in [-0.1, -0.05) is 15.9 Å². The molecule has 120 valence electrons. The third-order valence-corrected chi connectivity index (χ3v) is 4.38. The molecule has 1 N–H and O–H groups in total. The topological polar surface area (TPSA) is 81.2 Å². The van der Waals surface area contributed by atoms with E-state index in [2.05, 4.69) is 42.0 Å². The number of nitriles is 1. The number of β-amino-alcohol motifs (C(OH)–C–C–N with tert-alkyl or cyclic N) is 1. The van der Waals surface area contributed by atoms with Crippen molar-refractivity contribution >= 4 is 21.7 Å². The maximum absolute atomic E-state index is 9.35. The van der Waals surface area contributed by atoms with Gasteiger partial charge in [0.25, 0.3) is 0 Å². The summed E-state index contributed by atoms with van der Waals surface area (Å²) in [5, 5.41) is 27.1. The Labute approximate surface area is 142 Å². The minimum atomic E-state index is 0.170. The highest BCUT2D eigenvalue weighted by molar-refractivity contribution is 9.10. The summed E-state index contributed by atoms with van der Waals surface area (Å²) >= 11 is 3.40. The lowest BCUT2D eigenvalue weighted by atomic mass is 10.3. The summed E-state index contributed by atoms with van der Waals surface area (Å²) in [6, 6.07) is 9.76. The van der Waals surface area contributed by atoms with Crippen LogP contribution in [-0.4, -0.2) is 64.3 Å². The zero-order chi connectivity index (χ0) is 16.2. The fourth-order valence-electron chi connectivity index (χ4n) is 2.60. The average Bonchev–Trinajstić information content (AvgIpc) is 3.01. The van der Waals surface area contributed by atoms with E-state index in [0.717, 1.165) is 36.3 Å². The standard InChI is InChI=1S/C15H17BrN6O/c16-12-1-3-13(4-2-12)22-18-14(11-17)15(19-22)21-7-5-20(6-8-21)9-10-23/h1-4,23H,5-10H2. The Bertz CT molecular complexity index is 700. The van der Waals surface area contributed by atoms with E-state index in [1.807, 2.05) is 24.3 Å². The van der Waals surface area contributed by atoms with E-state index < -0.39 is 0 Å². The van der Waals surface area contributed by atoms with Crippen molar-refractivity contribution in [1.29, 1.82) is 5.26 Å². The molecule has 0 unspecified atom stereocenters. The number of rotatable bonds is 4. The first-order valence-corrected chi connectivity index (χ1v) is 8.22. The molecular formula is C15H17BrN6O. The van der Waals surface area contributed by atoms with Crippen molar-refractivity contribution < 1.29 is 5.11 Å². The van der Waals surface area contributed by atoms with Gasteiger partial charge in [0.2, 0.25) is 5.69 Å². The van der Waals surface area contributed by atoms with Crippen LogP contribution in [-0.2, 0) is 0 Å². The highest BCUT2D eigenvalue weighted by atomic mass is 79.9. The fourth-order valence-corrected chi connectivity index (χ4v) is 2.86. The second kappa shape index (κ2) is 7.08. The normalized spacial score (nSPS) is 15.6. The van der Waals surface area contributed by atoms with Crippen LogP contribution in [0.2, 0.25) is 0 Å². The van der Waals surface area contributed by atoms with Crippen molar-refractivity contribution in [3.63, 3.8) is 0 Å². The number of aliphatic hydroxyl groups is 1. The fraction of sp³-hybridized carbons (Fsp3) is 0.400. The van der Waals surface area contributed by atoms with Crippen molar-refractivity contribution in [3.05, 3.63) is 34.4 Å². The van der Waals surface area contributed by atoms with Crippen molar-refractivity contribution in [1.82, 2.24) is 19.9 Å². The first kappa shape index (κ1) is 15.9. The second-order valence-corrected chi connectivity index (χ2v) is 6.22. The smallest absolute Gasteiger partial charge is 0.207 e. The van der Waals surface area contributed by atoms with Crippen LogP contribution in [0.25, 0.3) is 5.69 Å². The van der Waals surface area contributed by atoms with E-state index in [1.54, 1.807) is 0 Å². The third-order valence-electron chi connectivity index (χ3n) is 3.85. The van der Waals surface area contributed by atoms with Gasteiger partial charge in [0.15, 0.2) is 5.82 Å². The molecule has 1 aromatic carbocycles. The number of nitrogens with zero attached hydrogens (tertiary/aromatic N) is 6. The predicted octanol–water partition coefficient (Wildman–Crippen LogP) is 1.02. The second-order valence-electron chi connectivity index (χ2n) is 5.30. The monoisotopic (exact) mass is 376 g/mol. The summed E-state index contributed by atoms with van der Waals surface area (Å²) in [6.07, 6.45) is 0. The van der Waals surface area contributed by atoms with Gasteiger partial charge < -0.3 is 10.0 Å². The molecule has 7 nitrogen and oxygen atoms in total. The molecule has 0 aliphatic carbocycles. The number of aromatic nitrogens is 3. The molecule has 2 aromatic rings. The highest BCUT2D eigenvalue weighted by Crippen LogP contribution is 2.20. The quantitative estimate of drug-likeness (QED) is 0.857. The van der Waals surface area contributed by atoms with Crippen LogP contribution in [0.4, 0.5) is 5.82 Å². The van der Waals surface area contributed by atoms with Crippen molar-refractivity contribution in [2.24, 2.45) is 0 Å². The van der Waals surface area contributed by atoms with E-state index in [0.29, 0.717) is 18.1 Å². The molecule has 0 bridgehead atoms. The molecule has 8 heteroatoms. The number of anilines is 1. The third kappa shape index (κ3) is 3.52. The summed E-state index contributed by atoms with van der Waals surface area (Å²) in [6.45, 7) is 4.09. The van der Waals surface area contributed by atoms with Crippen LogP contribution < -0.4 is 4.90 Å². The molecular weight excluding hydrogens is 360 g/mol. The van der Waals surface area contributed by atoms with E-state index in [-0.39, 0.29) is 6.61 Å². The van der Waals surface area contributed by atoms with Gasteiger partial charge in [-0.25, -0.2) is 0 Å². The van der Waals surface area contributed by atoms with Gasteiger partial charge in [-0.2, -0.15) is 5.26 Å². The molecule has 1 aromatic heterocycles. The molecule has 0 atom stereocenters. The number of halogens is 1. The molecule has 1 aliphatic heterocycles. The van der Waals surface area contributed by atoms with Crippen LogP contribution >= 0.6 is 15.9 Å². The van der Waals surface area contributed by atoms with E-state index in [4.69, 9.17) is 5.11 Å². The van der Waals surface area contributed by atoms with Gasteiger partial charge in [-0.3, -0.25) is 4.90 Å². The molecule has 0 amide bonds. The van der Waals surface area contributed by atoms with Crippen LogP contribution in [0.15, 0.2) is 28.7 Å². The molecule has 1 aliphatic rings. The summed E-state index contributed by atoms with van der Waals surface area (Å²) < 4.78 is 0.981. The maximum atomic E-state index is 9.35.